The predicted octanol–water partition coefficient (Wildman–Crippen LogP) is 14.2. The molecule has 8 heterocycles. The van der Waals surface area contributed by atoms with Crippen molar-refractivity contribution in [3.8, 4) is 0 Å². The number of ether oxygens (including phenoxy) is 4. The topological polar surface area (TPSA) is 399 Å². The Morgan fingerprint density at radius 3 is 1.07 bits per heavy atom. The highest BCUT2D eigenvalue weighted by Crippen LogP contribution is 2.46. The van der Waals surface area contributed by atoms with Crippen molar-refractivity contribution in [3.63, 3.8) is 0 Å². The zero-order chi connectivity index (χ0) is 90.6. The third-order valence-electron chi connectivity index (χ3n) is 21.0. The number of hydrogen-bond acceptors (Lipinski definition) is 20. The van der Waals surface area contributed by atoms with Gasteiger partial charge in [0.15, 0.2) is 0 Å². The summed E-state index contributed by atoms with van der Waals surface area (Å²) in [6, 6.07) is 41.8. The lowest BCUT2D eigenvalue weighted by Gasteiger charge is -2.26. The van der Waals surface area contributed by atoms with Gasteiger partial charge in [-0.3, -0.25) is 61.8 Å². The molecular formula is C94H97N13O19. The van der Waals surface area contributed by atoms with Crippen molar-refractivity contribution in [3.05, 3.63) is 365 Å². The third kappa shape index (κ3) is 22.0. The summed E-state index contributed by atoms with van der Waals surface area (Å²) in [5, 5.41) is 31.6. The summed E-state index contributed by atoms with van der Waals surface area (Å²) in [5.74, 6) is -2.43. The number of rotatable bonds is 33. The fourth-order valence-electron chi connectivity index (χ4n) is 15.1. The first-order chi connectivity index (χ1) is 60.9. The van der Waals surface area contributed by atoms with Crippen LogP contribution in [-0.2, 0) is 76.4 Å². The number of para-hydroxylation sites is 1. The molecule has 9 aromatic rings. The van der Waals surface area contributed by atoms with Crippen molar-refractivity contribution in [1.29, 1.82) is 0 Å². The average molecular weight is 1710 g/mol. The standard InChI is InChI=1S/C28H28N4O4.C25H27N3O5.C22H23N3O5.C19H19N3O5/c1-3-11-21-17-23(26(33)30-22-14-9-6-10-15-22)32-25(21)29-18-24(27(32)34)31(16-4-2)28(35)36-19-20-12-7-5-8-13-20;1-4-12-25(13-5-2)15-19(22(30)31)28-21(29)20(16-26-23(25)28)27(14-6-3)24(32)33-17-18-10-8-7-9-11-18;1-3-8-16-12-17(21(27)28)25-19(16)23-13-18(20(25)26)24(11-4-2)22(29)30-14-15-9-6-5-7-10-15;1-2-10-21(19(26)27-12-13-6-4-3-5-7-13)15-11-20-16-9-8-14(18(24)25)22(16)17(15)23/h3-10,12-15,18,21,23H,1-2,11,16-17,19H2,(H,30,33);4-11,16,19H,1-3,12-15,17H2,(H,30,31);3-7,9-10,13,16-17H,1-2,8,11-12,14H2,(H,27,28);2-7,11,14H,1,8-10,12H2,(H,24,25)/t21-,23+;19-;16-,17+;14-/m1010/s1. The molecule has 5 amide bonds. The number of carbonyl (C=O) groups excluding carboxylic acids is 5. The summed E-state index contributed by atoms with van der Waals surface area (Å²) < 4.78 is 26.3. The predicted molar refractivity (Wildman–Crippen MR) is 473 cm³/mol. The van der Waals surface area contributed by atoms with Crippen LogP contribution in [-0.4, -0.2) is 128 Å². The molecule has 0 radical (unpaired) electrons. The van der Waals surface area contributed by atoms with Crippen LogP contribution in [0, 0.1) is 0 Å². The quantitative estimate of drug-likeness (QED) is 0.0219. The number of allylic oxidation sites excluding steroid dienone is 4. The Hall–Kier alpha value is -15.5. The largest absolute Gasteiger partial charge is 0.480 e. The maximum Gasteiger partial charge on any atom is 0.415 e. The zero-order valence-corrected chi connectivity index (χ0v) is 69.2. The third-order valence-corrected chi connectivity index (χ3v) is 21.0. The van der Waals surface area contributed by atoms with Gasteiger partial charge in [0, 0.05) is 55.5 Å². The van der Waals surface area contributed by atoms with Gasteiger partial charge in [0.1, 0.15) is 96.6 Å². The molecule has 0 bridgehead atoms. The first-order valence-corrected chi connectivity index (χ1v) is 40.2. The number of aliphatic carboxylic acids is 3. The first-order valence-electron chi connectivity index (χ1n) is 40.2. The van der Waals surface area contributed by atoms with Gasteiger partial charge >= 0.3 is 42.3 Å². The van der Waals surface area contributed by atoms with Gasteiger partial charge in [0.2, 0.25) is 5.91 Å². The van der Waals surface area contributed by atoms with E-state index in [0.29, 0.717) is 73.9 Å². The molecule has 32 heteroatoms. The van der Waals surface area contributed by atoms with Gasteiger partial charge in [-0.2, -0.15) is 0 Å². The number of carbonyl (C=O) groups is 8. The van der Waals surface area contributed by atoms with E-state index in [2.05, 4.69) is 77.9 Å². The lowest BCUT2D eigenvalue weighted by atomic mass is 9.78. The van der Waals surface area contributed by atoms with Crippen molar-refractivity contribution in [2.75, 3.05) is 51.1 Å². The first kappa shape index (κ1) is 92.8. The average Bonchev–Trinajstić information content (AvgIpc) is 1.58. The highest BCUT2D eigenvalue weighted by atomic mass is 16.6. The van der Waals surface area contributed by atoms with Crippen LogP contribution in [0.3, 0.4) is 0 Å². The van der Waals surface area contributed by atoms with Gasteiger partial charge in [-0.1, -0.05) is 188 Å². The summed E-state index contributed by atoms with van der Waals surface area (Å²) in [6.07, 6.45) is 18.4. The number of aryl methyl sites for hydroxylation is 1. The van der Waals surface area contributed by atoms with Crippen LogP contribution < -0.4 is 47.2 Å². The van der Waals surface area contributed by atoms with Gasteiger partial charge in [-0.05, 0) is 85.8 Å². The van der Waals surface area contributed by atoms with E-state index in [1.807, 2.05) is 140 Å². The molecule has 4 aliphatic rings. The second-order valence-electron chi connectivity index (χ2n) is 29.3. The molecule has 126 heavy (non-hydrogen) atoms. The molecule has 652 valence electrons. The Morgan fingerprint density at radius 1 is 0.397 bits per heavy atom. The van der Waals surface area contributed by atoms with Gasteiger partial charge < -0.3 is 39.6 Å². The number of aromatic nitrogens is 8. The van der Waals surface area contributed by atoms with E-state index >= 15 is 0 Å². The molecule has 0 unspecified atom stereocenters. The smallest absolute Gasteiger partial charge is 0.415 e. The Morgan fingerprint density at radius 2 is 0.722 bits per heavy atom. The van der Waals surface area contributed by atoms with Crippen LogP contribution in [0.1, 0.15) is 133 Å². The van der Waals surface area contributed by atoms with E-state index in [9.17, 15) is 72.9 Å². The zero-order valence-electron chi connectivity index (χ0n) is 69.2. The molecule has 0 saturated heterocycles. The molecular weight excluding hydrogens is 1620 g/mol. The molecule has 6 atom stereocenters. The van der Waals surface area contributed by atoms with E-state index < -0.39 is 94.1 Å². The SMILES string of the molecule is C=CCN(C(=O)OCc1ccccc1)c1cnc2n(c1=O)[C@H](C(=O)O)CC2.C=CCN(C(=O)OCc1ccccc1)c1cnc2n(c1=O)[C@H](C(=O)O)CC2(CC=C)CC=C.C=CC[C@@H]1C[C@@H](C(=O)Nc2ccccc2)n2c1ncc(N(CC=C)C(=O)OCc1ccccc1)c2=O.C=CC[C@@H]1C[C@@H](C(=O)O)n2c1ncc(N(CC=C)C(=O)OCc1ccccc1)c2=O. The van der Waals surface area contributed by atoms with Gasteiger partial charge in [-0.25, -0.2) is 53.5 Å². The van der Waals surface area contributed by atoms with Crippen molar-refractivity contribution in [2.45, 2.75) is 126 Å². The number of anilines is 5. The number of fused-ring (bicyclic) bond motifs is 4. The highest BCUT2D eigenvalue weighted by Gasteiger charge is 2.49. The fourth-order valence-corrected chi connectivity index (χ4v) is 15.1. The summed E-state index contributed by atoms with van der Waals surface area (Å²) >= 11 is 0. The van der Waals surface area contributed by atoms with Crippen molar-refractivity contribution in [2.24, 2.45) is 0 Å². The molecule has 0 saturated carbocycles. The number of hydrogen-bond donors (Lipinski definition) is 4. The van der Waals surface area contributed by atoms with Gasteiger partial charge in [0.25, 0.3) is 22.2 Å². The second-order valence-corrected chi connectivity index (χ2v) is 29.3. The Balaban J connectivity index is 0.000000176. The maximum atomic E-state index is 13.7. The molecule has 4 aromatic heterocycles. The molecule has 4 aliphatic heterocycles. The van der Waals surface area contributed by atoms with Gasteiger partial charge in [0.05, 0.1) is 24.8 Å². The van der Waals surface area contributed by atoms with E-state index in [-0.39, 0.29) is 106 Å². The molecule has 0 aliphatic carbocycles. The summed E-state index contributed by atoms with van der Waals surface area (Å²) in [4.78, 5) is 175. The molecule has 32 nitrogen and oxygen atoms in total. The van der Waals surface area contributed by atoms with Crippen LogP contribution >= 0.6 is 0 Å². The monoisotopic (exact) mass is 1710 g/mol. The minimum Gasteiger partial charge on any atom is -0.480 e. The van der Waals surface area contributed by atoms with E-state index in [1.54, 1.807) is 36.4 Å². The minimum absolute atomic E-state index is 0.00785. The number of nitrogens with zero attached hydrogens (tertiary/aromatic N) is 12. The van der Waals surface area contributed by atoms with Crippen molar-refractivity contribution < 1.29 is 72.6 Å². The Bertz CT molecular complexity index is 5750. The minimum atomic E-state index is -1.14. The van der Waals surface area contributed by atoms with Crippen LogP contribution in [0.4, 0.5) is 47.6 Å². The molecule has 4 N–H and O–H groups in total. The number of benzene rings is 5. The number of carboxylic acid groups (broad SMARTS) is 3. The van der Waals surface area contributed by atoms with Crippen LogP contribution in [0.25, 0.3) is 0 Å². The molecule has 13 rings (SSSR count). The fraction of sp³-hybridized carbons (Fsp3) is 0.255. The van der Waals surface area contributed by atoms with E-state index in [1.165, 1.54) is 63.1 Å². The second kappa shape index (κ2) is 44.3. The molecule has 0 fully saturated rings. The Labute approximate surface area is 725 Å². The van der Waals surface area contributed by atoms with Crippen molar-refractivity contribution in [1.82, 2.24) is 38.2 Å². The van der Waals surface area contributed by atoms with Gasteiger partial charge in [-0.15, -0.1) is 52.6 Å². The van der Waals surface area contributed by atoms with Crippen LogP contribution in [0.2, 0.25) is 0 Å². The maximum absolute atomic E-state index is 13.7. The number of carboxylic acids is 3. The molecule has 0 spiro atoms. The lowest BCUT2D eigenvalue weighted by molar-refractivity contribution is -0.141. The normalized spacial score (nSPS) is 16.0. The Kier molecular flexibility index (Phi) is 32.7. The summed E-state index contributed by atoms with van der Waals surface area (Å²) in [5.41, 5.74) is 0.700. The number of amides is 5. The van der Waals surface area contributed by atoms with Crippen LogP contribution in [0.15, 0.2) is 297 Å². The number of nitrogens with one attached hydrogen (secondary N) is 1. The van der Waals surface area contributed by atoms with E-state index in [4.69, 9.17) is 18.9 Å². The van der Waals surface area contributed by atoms with Crippen molar-refractivity contribution >= 4 is 76.6 Å². The summed E-state index contributed by atoms with van der Waals surface area (Å²) in [7, 11) is 0. The van der Waals surface area contributed by atoms with E-state index in [0.717, 1.165) is 46.1 Å². The summed E-state index contributed by atoms with van der Waals surface area (Å²) in [6.45, 7) is 29.8. The highest BCUT2D eigenvalue weighted by molar-refractivity contribution is 5.95. The lowest BCUT2D eigenvalue weighted by Crippen LogP contribution is -2.40. The molecule has 5 aromatic carbocycles. The van der Waals surface area contributed by atoms with Crippen LogP contribution in [0.5, 0.6) is 0 Å².